The molecule has 16 N–H and O–H groups in total. The molecule has 72 heavy (non-hydrogen) atoms. The van der Waals surface area contributed by atoms with Gasteiger partial charge in [0.1, 0.15) is 47.9 Å². The lowest BCUT2D eigenvalue weighted by Crippen LogP contribution is -2.62. The number of nitrogens with one attached hydrogen (secondary N) is 8. The molecule has 406 valence electrons. The van der Waals surface area contributed by atoms with Crippen LogP contribution >= 0.6 is 0 Å². The van der Waals surface area contributed by atoms with Gasteiger partial charge in [-0.3, -0.25) is 38.6 Å². The number of carbonyl (C=O) groups is 9. The number of benzene rings is 1. The summed E-state index contributed by atoms with van der Waals surface area (Å²) in [6, 6.07) is -1.97. The third kappa shape index (κ3) is 23.5. The van der Waals surface area contributed by atoms with Crippen LogP contribution in [0.15, 0.2) is 35.3 Å². The third-order valence-electron chi connectivity index (χ3n) is 10.9. The molecular weight excluding hydrogens is 943 g/mol. The Bertz CT molecular complexity index is 1990. The van der Waals surface area contributed by atoms with Gasteiger partial charge in [-0.1, -0.05) is 78.3 Å². The molecule has 1 aromatic carbocycles. The minimum atomic E-state index is -1.70. The van der Waals surface area contributed by atoms with Gasteiger partial charge in [-0.15, -0.1) is 0 Å². The van der Waals surface area contributed by atoms with Crippen molar-refractivity contribution in [2.24, 2.45) is 34.2 Å². The van der Waals surface area contributed by atoms with E-state index in [-0.39, 0.29) is 44.1 Å². The van der Waals surface area contributed by atoms with E-state index in [1.165, 1.54) is 6.92 Å². The van der Waals surface area contributed by atoms with Crippen molar-refractivity contribution in [1.82, 2.24) is 42.5 Å². The van der Waals surface area contributed by atoms with Crippen LogP contribution in [0.5, 0.6) is 0 Å². The Balaban J connectivity index is 3.39. The number of aliphatic imine (C=N–C) groups is 1. The molecule has 25 heteroatoms. The number of alkyl carbamates (subject to hydrolysis) is 1. The molecule has 1 rings (SSSR count). The van der Waals surface area contributed by atoms with Crippen LogP contribution in [0.3, 0.4) is 0 Å². The number of nitrogens with zero attached hydrogens (tertiary/aromatic N) is 1. The zero-order valence-corrected chi connectivity index (χ0v) is 42.9. The first-order valence-electron chi connectivity index (χ1n) is 23.9. The molecule has 0 aliphatic heterocycles. The van der Waals surface area contributed by atoms with E-state index in [0.29, 0.717) is 12.0 Å². The van der Waals surface area contributed by atoms with Crippen LogP contribution < -0.4 is 54.0 Å². The van der Waals surface area contributed by atoms with Crippen molar-refractivity contribution in [1.29, 1.82) is 0 Å². The highest BCUT2D eigenvalue weighted by Gasteiger charge is 2.38. The van der Waals surface area contributed by atoms with Crippen molar-refractivity contribution in [3.05, 3.63) is 35.9 Å². The van der Waals surface area contributed by atoms with Crippen LogP contribution in [-0.2, 0) is 49.5 Å². The first-order valence-corrected chi connectivity index (χ1v) is 23.9. The largest absolute Gasteiger partial charge is 0.480 e. The maximum absolute atomic E-state index is 14.2. The Morgan fingerprint density at radius 1 is 0.681 bits per heavy atom. The van der Waals surface area contributed by atoms with Crippen LogP contribution in [0.4, 0.5) is 4.79 Å². The fourth-order valence-corrected chi connectivity index (χ4v) is 6.78. The van der Waals surface area contributed by atoms with Crippen LogP contribution in [0.25, 0.3) is 0 Å². The predicted octanol–water partition coefficient (Wildman–Crippen LogP) is -2.23. The Kier molecular flexibility index (Phi) is 27.3. The molecule has 25 nitrogen and oxygen atoms in total. The second kappa shape index (κ2) is 31.0. The molecule has 8 amide bonds. The summed E-state index contributed by atoms with van der Waals surface area (Å²) < 4.78 is 5.30. The van der Waals surface area contributed by atoms with Crippen LogP contribution in [0.2, 0.25) is 0 Å². The number of aliphatic carboxylic acids is 1. The van der Waals surface area contributed by atoms with Gasteiger partial charge in [-0.05, 0) is 70.3 Å². The summed E-state index contributed by atoms with van der Waals surface area (Å²) in [6.45, 7) is 14.5. The average Bonchev–Trinajstić information content (AvgIpc) is 3.28. The van der Waals surface area contributed by atoms with Gasteiger partial charge >= 0.3 is 12.1 Å². The Hall–Kier alpha value is -6.60. The first kappa shape index (κ1) is 63.4. The maximum atomic E-state index is 14.2. The fourth-order valence-electron chi connectivity index (χ4n) is 6.78. The number of ether oxygens (including phenoxy) is 1. The number of guanidine groups is 1. The molecule has 0 aliphatic rings. The molecule has 0 aliphatic carbocycles. The predicted molar refractivity (Wildman–Crippen MR) is 264 cm³/mol. The van der Waals surface area contributed by atoms with Crippen molar-refractivity contribution in [2.75, 3.05) is 19.7 Å². The number of aliphatic hydroxyl groups excluding tert-OH is 3. The Labute approximate surface area is 420 Å². The van der Waals surface area contributed by atoms with Gasteiger partial charge in [-0.2, -0.15) is 0 Å². The van der Waals surface area contributed by atoms with Crippen molar-refractivity contribution in [3.63, 3.8) is 0 Å². The highest BCUT2D eigenvalue weighted by molar-refractivity contribution is 5.97. The number of aliphatic hydroxyl groups is 3. The van der Waals surface area contributed by atoms with Crippen molar-refractivity contribution >= 4 is 59.4 Å². The summed E-state index contributed by atoms with van der Waals surface area (Å²) in [4.78, 5) is 124. The second-order valence-electron chi connectivity index (χ2n) is 19.3. The molecule has 0 unspecified atom stereocenters. The number of carboxylic acids is 1. The van der Waals surface area contributed by atoms with Crippen LogP contribution in [-0.4, -0.2) is 160 Å². The number of carboxylic acid groups (broad SMARTS) is 1. The molecule has 0 saturated heterocycles. The second-order valence-corrected chi connectivity index (χ2v) is 19.3. The number of hydrogen-bond acceptors (Lipinski definition) is 14. The highest BCUT2D eigenvalue weighted by atomic mass is 16.6. The topological polar surface area (TPSA) is 404 Å². The van der Waals surface area contributed by atoms with E-state index in [4.69, 9.17) is 16.2 Å². The molecule has 0 radical (unpaired) electrons. The van der Waals surface area contributed by atoms with E-state index >= 15 is 0 Å². The van der Waals surface area contributed by atoms with E-state index < -0.39 is 139 Å². The maximum Gasteiger partial charge on any atom is 0.408 e. The summed E-state index contributed by atoms with van der Waals surface area (Å²) >= 11 is 0. The number of nitrogens with two attached hydrogens (primary N) is 2. The normalized spacial score (nSPS) is 15.5. The van der Waals surface area contributed by atoms with Crippen molar-refractivity contribution in [3.8, 4) is 0 Å². The van der Waals surface area contributed by atoms with Gasteiger partial charge in [0.05, 0.1) is 25.4 Å². The molecular formula is C47H79N11O14. The fraction of sp³-hybridized carbons (Fsp3) is 0.660. The molecule has 0 fully saturated rings. The summed E-state index contributed by atoms with van der Waals surface area (Å²) in [6.07, 6.45) is -3.66. The SMILES string of the molecule is CC[C@H](C)[C@H](NC(=O)[C@@H](CCCN=C(N)N)NC(=O)[C@H](CC(C)C)NC(=O)[C@@H](NC(=O)OC(C)(C)C)[C@H](O)C(C)C)C(=O)N[C@H](C(=O)NCC(=O)N[C@@H](Cc1ccccc1)C(=O)N[C@@H](CO)C(=O)O)[C@H](C)O. The lowest BCUT2D eigenvalue weighted by atomic mass is 9.96. The van der Waals surface area contributed by atoms with Crippen molar-refractivity contribution < 1.29 is 68.3 Å². The number of carbonyl (C=O) groups excluding carboxylic acids is 8. The molecule has 10 atom stereocenters. The molecule has 0 saturated carbocycles. The van der Waals surface area contributed by atoms with Crippen LogP contribution in [0.1, 0.15) is 100 Å². The van der Waals surface area contributed by atoms with Crippen molar-refractivity contribution in [2.45, 2.75) is 161 Å². The van der Waals surface area contributed by atoms with Gasteiger partial charge in [0, 0.05) is 13.0 Å². The van der Waals surface area contributed by atoms with E-state index in [9.17, 15) is 63.6 Å². The van der Waals surface area contributed by atoms with Gasteiger partial charge in [0.2, 0.25) is 41.4 Å². The average molecular weight is 1020 g/mol. The minimum Gasteiger partial charge on any atom is -0.480 e. The van der Waals surface area contributed by atoms with Crippen LogP contribution in [0, 0.1) is 17.8 Å². The quantitative estimate of drug-likeness (QED) is 0.0220. The molecule has 0 heterocycles. The molecule has 0 spiro atoms. The first-order chi connectivity index (χ1) is 33.5. The lowest BCUT2D eigenvalue weighted by molar-refractivity contribution is -0.143. The number of amides is 8. The Morgan fingerprint density at radius 2 is 1.22 bits per heavy atom. The lowest BCUT2D eigenvalue weighted by Gasteiger charge is -2.31. The molecule has 1 aromatic rings. The van der Waals surface area contributed by atoms with E-state index in [0.717, 1.165) is 0 Å². The summed E-state index contributed by atoms with van der Waals surface area (Å²) in [5, 5.41) is 59.9. The zero-order valence-electron chi connectivity index (χ0n) is 42.9. The summed E-state index contributed by atoms with van der Waals surface area (Å²) in [5.41, 5.74) is 10.6. The van der Waals surface area contributed by atoms with E-state index in [1.807, 2.05) is 0 Å². The highest BCUT2D eigenvalue weighted by Crippen LogP contribution is 2.15. The van der Waals surface area contributed by atoms with Gasteiger partial charge in [-0.25, -0.2) is 9.59 Å². The standard InChI is InChI=1S/C47H79N11O14/c1-11-26(6)34(42(67)57-35(27(7)60)41(66)51-22-33(61)52-31(21-28-16-13-12-14-17-28)40(65)55-32(23-59)44(69)70)56-38(63)29(18-15-19-50-45(48)49)53-39(64)30(20-24(2)3)54-43(68)36(37(62)25(4)5)58-46(71)72-47(8,9)10/h12-14,16-17,24-27,29-32,34-37,59-60,62H,11,15,18-23H2,1-10H3,(H,51,66)(H,52,61)(H,53,64)(H,54,68)(H,55,65)(H,56,63)(H,57,67)(H,58,71)(H,69,70)(H4,48,49,50)/t26-,27-,29+,30-,31-,32-,34-,35-,36-,37+/m0/s1. The molecule has 0 aromatic heterocycles. The summed E-state index contributed by atoms with van der Waals surface area (Å²) in [7, 11) is 0. The molecule has 0 bridgehead atoms. The monoisotopic (exact) mass is 1020 g/mol. The smallest absolute Gasteiger partial charge is 0.408 e. The van der Waals surface area contributed by atoms with Gasteiger partial charge < -0.3 is 79.2 Å². The zero-order chi connectivity index (χ0) is 55.0. The summed E-state index contributed by atoms with van der Waals surface area (Å²) in [5.74, 6) is -9.51. The third-order valence-corrected chi connectivity index (χ3v) is 10.9. The Morgan fingerprint density at radius 3 is 1.74 bits per heavy atom. The minimum absolute atomic E-state index is 0.0352. The number of rotatable bonds is 30. The van der Waals surface area contributed by atoms with Gasteiger partial charge in [0.25, 0.3) is 0 Å². The van der Waals surface area contributed by atoms with E-state index in [2.05, 4.69) is 47.5 Å². The van der Waals surface area contributed by atoms with E-state index in [1.54, 1.807) is 92.6 Å². The number of hydrogen-bond donors (Lipinski definition) is 14. The van der Waals surface area contributed by atoms with Gasteiger partial charge in [0.15, 0.2) is 5.96 Å².